The summed E-state index contributed by atoms with van der Waals surface area (Å²) in [5.41, 5.74) is 5.79. The van der Waals surface area contributed by atoms with E-state index >= 15 is 0 Å². The van der Waals surface area contributed by atoms with Crippen LogP contribution in [0.25, 0.3) is 0 Å². The van der Waals surface area contributed by atoms with Gasteiger partial charge in [0, 0.05) is 26.2 Å². The summed E-state index contributed by atoms with van der Waals surface area (Å²) in [4.78, 5) is 2.26. The Labute approximate surface area is 116 Å². The van der Waals surface area contributed by atoms with Crippen molar-refractivity contribution in [2.75, 3.05) is 6.54 Å². The zero-order chi connectivity index (χ0) is 12.3. The Morgan fingerprint density at radius 3 is 2.59 bits per heavy atom. The molecule has 5 heteroatoms. The van der Waals surface area contributed by atoms with Gasteiger partial charge in [0.1, 0.15) is 5.82 Å². The van der Waals surface area contributed by atoms with Crippen molar-refractivity contribution in [3.8, 4) is 0 Å². The van der Waals surface area contributed by atoms with Crippen molar-refractivity contribution in [3.63, 3.8) is 0 Å². The fourth-order valence-electron chi connectivity index (χ4n) is 1.40. The SMILES string of the molecule is NCC(Sc1ccc(F)cc1)c1cc(Br)cs1. The predicted octanol–water partition coefficient (Wildman–Crippen LogP) is 4.44. The van der Waals surface area contributed by atoms with Crippen molar-refractivity contribution < 1.29 is 4.39 Å². The Balaban J connectivity index is 2.12. The van der Waals surface area contributed by atoms with Crippen molar-refractivity contribution in [3.05, 3.63) is 50.9 Å². The molecule has 2 aromatic rings. The highest BCUT2D eigenvalue weighted by Gasteiger charge is 2.13. The van der Waals surface area contributed by atoms with Crippen molar-refractivity contribution in [2.24, 2.45) is 5.73 Å². The normalized spacial score (nSPS) is 12.6. The van der Waals surface area contributed by atoms with Crippen molar-refractivity contribution in [1.82, 2.24) is 0 Å². The van der Waals surface area contributed by atoms with Gasteiger partial charge in [-0.25, -0.2) is 4.39 Å². The summed E-state index contributed by atoms with van der Waals surface area (Å²) in [5.74, 6) is -0.211. The third-order valence-corrected chi connectivity index (χ3v) is 5.44. The maximum atomic E-state index is 12.8. The Hall–Kier alpha value is -0.360. The molecule has 1 heterocycles. The van der Waals surface area contributed by atoms with Crippen LogP contribution in [0, 0.1) is 5.82 Å². The Morgan fingerprint density at radius 1 is 1.35 bits per heavy atom. The van der Waals surface area contributed by atoms with E-state index in [0.29, 0.717) is 6.54 Å². The highest BCUT2D eigenvalue weighted by atomic mass is 79.9. The average molecular weight is 332 g/mol. The van der Waals surface area contributed by atoms with Gasteiger partial charge < -0.3 is 5.73 Å². The molecule has 0 radical (unpaired) electrons. The summed E-state index contributed by atoms with van der Waals surface area (Å²) in [7, 11) is 0. The van der Waals surface area contributed by atoms with Crippen LogP contribution in [0.5, 0.6) is 0 Å². The molecule has 0 aliphatic heterocycles. The molecule has 0 bridgehead atoms. The van der Waals surface area contributed by atoms with Gasteiger partial charge in [0.25, 0.3) is 0 Å². The Bertz CT molecular complexity index is 484. The summed E-state index contributed by atoms with van der Waals surface area (Å²) in [6, 6.07) is 8.59. The van der Waals surface area contributed by atoms with E-state index in [4.69, 9.17) is 5.73 Å². The van der Waals surface area contributed by atoms with Gasteiger partial charge in [-0.3, -0.25) is 0 Å². The molecule has 0 fully saturated rings. The molecule has 1 atom stereocenters. The predicted molar refractivity (Wildman–Crippen MR) is 76.1 cm³/mol. The Morgan fingerprint density at radius 2 is 2.06 bits per heavy atom. The van der Waals surface area contributed by atoms with Crippen LogP contribution in [0.15, 0.2) is 45.1 Å². The van der Waals surface area contributed by atoms with Crippen LogP contribution in [0.2, 0.25) is 0 Å². The molecular weight excluding hydrogens is 321 g/mol. The molecule has 0 spiro atoms. The zero-order valence-corrected chi connectivity index (χ0v) is 12.1. The molecule has 1 nitrogen and oxygen atoms in total. The van der Waals surface area contributed by atoms with Gasteiger partial charge in [-0.05, 0) is 46.3 Å². The summed E-state index contributed by atoms with van der Waals surface area (Å²) < 4.78 is 13.9. The fraction of sp³-hybridized carbons (Fsp3) is 0.167. The van der Waals surface area contributed by atoms with Crippen LogP contribution in [-0.4, -0.2) is 6.54 Å². The van der Waals surface area contributed by atoms with E-state index in [1.807, 2.05) is 5.38 Å². The number of nitrogens with two attached hydrogens (primary N) is 1. The van der Waals surface area contributed by atoms with Gasteiger partial charge in [-0.2, -0.15) is 0 Å². The smallest absolute Gasteiger partial charge is 0.123 e. The topological polar surface area (TPSA) is 26.0 Å². The van der Waals surface area contributed by atoms with Gasteiger partial charge in [-0.1, -0.05) is 0 Å². The largest absolute Gasteiger partial charge is 0.329 e. The molecule has 2 N–H and O–H groups in total. The second-order valence-corrected chi connectivity index (χ2v) is 6.60. The van der Waals surface area contributed by atoms with Gasteiger partial charge in [0.05, 0.1) is 5.25 Å². The summed E-state index contributed by atoms with van der Waals surface area (Å²) in [6.07, 6.45) is 0. The number of benzene rings is 1. The van der Waals surface area contributed by atoms with E-state index in [2.05, 4.69) is 22.0 Å². The Kier molecular flexibility index (Phi) is 4.62. The molecule has 0 aliphatic carbocycles. The third kappa shape index (κ3) is 3.55. The highest BCUT2D eigenvalue weighted by Crippen LogP contribution is 2.38. The maximum absolute atomic E-state index is 12.8. The van der Waals surface area contributed by atoms with Crippen LogP contribution in [0.1, 0.15) is 10.1 Å². The lowest BCUT2D eigenvalue weighted by Gasteiger charge is -2.12. The van der Waals surface area contributed by atoms with Crippen LogP contribution in [-0.2, 0) is 0 Å². The average Bonchev–Trinajstić information content (AvgIpc) is 2.75. The van der Waals surface area contributed by atoms with E-state index < -0.39 is 0 Å². The molecule has 1 aromatic heterocycles. The molecule has 1 unspecified atom stereocenters. The van der Waals surface area contributed by atoms with Gasteiger partial charge >= 0.3 is 0 Å². The van der Waals surface area contributed by atoms with E-state index in [1.54, 1.807) is 35.2 Å². The van der Waals surface area contributed by atoms with Crippen molar-refractivity contribution >= 4 is 39.0 Å². The van der Waals surface area contributed by atoms with E-state index in [0.717, 1.165) is 9.37 Å². The number of thiophene rings is 1. The van der Waals surface area contributed by atoms with Crippen molar-refractivity contribution in [2.45, 2.75) is 10.1 Å². The van der Waals surface area contributed by atoms with E-state index in [9.17, 15) is 4.39 Å². The summed E-state index contributed by atoms with van der Waals surface area (Å²) >= 11 is 6.78. The van der Waals surface area contributed by atoms with Gasteiger partial charge in [-0.15, -0.1) is 23.1 Å². The molecule has 0 saturated carbocycles. The van der Waals surface area contributed by atoms with Crippen LogP contribution < -0.4 is 5.73 Å². The number of thioether (sulfide) groups is 1. The first-order valence-electron chi connectivity index (χ1n) is 5.05. The molecule has 0 saturated heterocycles. The minimum atomic E-state index is -0.211. The minimum Gasteiger partial charge on any atom is -0.329 e. The second kappa shape index (κ2) is 6.00. The lowest BCUT2D eigenvalue weighted by molar-refractivity contribution is 0.626. The molecule has 2 rings (SSSR count). The van der Waals surface area contributed by atoms with Crippen LogP contribution in [0.4, 0.5) is 4.39 Å². The first-order valence-corrected chi connectivity index (χ1v) is 7.60. The molecular formula is C12H11BrFNS2. The fourth-order valence-corrected chi connectivity index (χ4v) is 4.05. The van der Waals surface area contributed by atoms with E-state index in [-0.39, 0.29) is 11.1 Å². The van der Waals surface area contributed by atoms with Gasteiger partial charge in [0.2, 0.25) is 0 Å². The highest BCUT2D eigenvalue weighted by molar-refractivity contribution is 9.10. The second-order valence-electron chi connectivity index (χ2n) is 3.46. The minimum absolute atomic E-state index is 0.211. The number of hydrogen-bond acceptors (Lipinski definition) is 3. The lowest BCUT2D eigenvalue weighted by atomic mass is 10.3. The number of rotatable bonds is 4. The standard InChI is InChI=1S/C12H11BrFNS2/c13-8-5-11(16-7-8)12(6-15)17-10-3-1-9(14)2-4-10/h1-5,7,12H,6,15H2. The first kappa shape index (κ1) is 13.1. The summed E-state index contributed by atoms with van der Waals surface area (Å²) in [5, 5.41) is 2.26. The molecule has 1 aromatic carbocycles. The molecule has 90 valence electrons. The number of halogens is 2. The molecule has 0 amide bonds. The van der Waals surface area contributed by atoms with Crippen LogP contribution >= 0.6 is 39.0 Å². The van der Waals surface area contributed by atoms with E-state index in [1.165, 1.54) is 17.0 Å². The molecule has 17 heavy (non-hydrogen) atoms. The quantitative estimate of drug-likeness (QED) is 0.838. The molecule has 0 aliphatic rings. The summed E-state index contributed by atoms with van der Waals surface area (Å²) in [6.45, 7) is 0.564. The van der Waals surface area contributed by atoms with Crippen molar-refractivity contribution in [1.29, 1.82) is 0 Å². The lowest BCUT2D eigenvalue weighted by Crippen LogP contribution is -2.07. The maximum Gasteiger partial charge on any atom is 0.123 e. The number of hydrogen-bond donors (Lipinski definition) is 1. The van der Waals surface area contributed by atoms with Crippen LogP contribution in [0.3, 0.4) is 0 Å². The first-order chi connectivity index (χ1) is 8.19. The van der Waals surface area contributed by atoms with Gasteiger partial charge in [0.15, 0.2) is 0 Å². The third-order valence-electron chi connectivity index (χ3n) is 2.21. The monoisotopic (exact) mass is 331 g/mol. The zero-order valence-electron chi connectivity index (χ0n) is 8.90.